The first-order chi connectivity index (χ1) is 10.5. The second-order valence-corrected chi connectivity index (χ2v) is 7.68. The van der Waals surface area contributed by atoms with E-state index < -0.39 is 23.9 Å². The molecule has 0 aromatic carbocycles. The normalized spacial score (nSPS) is 19.9. The molecule has 6 nitrogen and oxygen atoms in total. The minimum absolute atomic E-state index is 0.377. The fourth-order valence-corrected chi connectivity index (χ4v) is 2.05. The van der Waals surface area contributed by atoms with Gasteiger partial charge in [0.15, 0.2) is 0 Å². The molecule has 1 fully saturated rings. The molecule has 0 spiro atoms. The molecular formula is C15H26BN2O4P. The monoisotopic (exact) mass is 340 g/mol. The molecule has 1 aliphatic rings. The predicted molar refractivity (Wildman–Crippen MR) is 92.9 cm³/mol. The fourth-order valence-electron chi connectivity index (χ4n) is 1.98. The number of aromatic nitrogens is 2. The van der Waals surface area contributed by atoms with E-state index in [0.29, 0.717) is 23.8 Å². The molecule has 2 rings (SSSR count). The maximum atomic E-state index is 5.99. The van der Waals surface area contributed by atoms with E-state index in [2.05, 4.69) is 19.4 Å². The van der Waals surface area contributed by atoms with Crippen LogP contribution in [-0.2, 0) is 13.8 Å². The SMILES string of the molecule is Cc1nc(B2OC(C)(C)C(C)(C)O2)cnc1OCC(C)(C)OP. The fraction of sp³-hybridized carbons (Fsp3) is 0.733. The van der Waals surface area contributed by atoms with Gasteiger partial charge in [0.05, 0.1) is 22.5 Å². The zero-order valence-corrected chi connectivity index (χ0v) is 16.1. The van der Waals surface area contributed by atoms with Gasteiger partial charge in [-0.1, -0.05) is 0 Å². The van der Waals surface area contributed by atoms with Crippen molar-refractivity contribution in [2.75, 3.05) is 6.61 Å². The van der Waals surface area contributed by atoms with Crippen molar-refractivity contribution in [2.24, 2.45) is 0 Å². The Kier molecular flexibility index (Phi) is 5.08. The second-order valence-electron chi connectivity index (χ2n) is 7.44. The Balaban J connectivity index is 2.12. The van der Waals surface area contributed by atoms with Gasteiger partial charge in [-0.3, -0.25) is 4.98 Å². The van der Waals surface area contributed by atoms with Crippen molar-refractivity contribution in [3.05, 3.63) is 11.9 Å². The highest BCUT2D eigenvalue weighted by Crippen LogP contribution is 2.36. The molecule has 0 amide bonds. The average Bonchev–Trinajstić information content (AvgIpc) is 2.66. The van der Waals surface area contributed by atoms with Crippen LogP contribution in [0.2, 0.25) is 0 Å². The average molecular weight is 340 g/mol. The Bertz CT molecular complexity index is 565. The lowest BCUT2D eigenvalue weighted by Gasteiger charge is -2.32. The summed E-state index contributed by atoms with van der Waals surface area (Å²) in [5, 5.41) is 0. The van der Waals surface area contributed by atoms with Crippen molar-refractivity contribution in [2.45, 2.75) is 65.3 Å². The van der Waals surface area contributed by atoms with Gasteiger partial charge < -0.3 is 18.6 Å². The number of ether oxygens (including phenoxy) is 1. The molecule has 1 atom stereocenters. The van der Waals surface area contributed by atoms with Gasteiger partial charge in [0.25, 0.3) is 0 Å². The number of aryl methyl sites for hydroxylation is 1. The molecule has 1 aromatic rings. The molecule has 0 bridgehead atoms. The molecule has 1 aromatic heterocycles. The quantitative estimate of drug-likeness (QED) is 0.604. The summed E-state index contributed by atoms with van der Waals surface area (Å²) < 4.78 is 22.9. The Morgan fingerprint density at radius 2 is 1.78 bits per heavy atom. The van der Waals surface area contributed by atoms with Crippen LogP contribution in [0.4, 0.5) is 0 Å². The number of rotatable bonds is 5. The standard InChI is InChI=1S/C15H26BN2O4P/c1-10-12(19-9-13(2,3)22-23)17-8-11(18-10)16-20-14(4,5)15(6,7)21-16/h8H,9,23H2,1-7H3. The summed E-state index contributed by atoms with van der Waals surface area (Å²) in [6.45, 7) is 14.1. The van der Waals surface area contributed by atoms with Crippen molar-refractivity contribution in [1.82, 2.24) is 9.97 Å². The van der Waals surface area contributed by atoms with E-state index in [-0.39, 0.29) is 0 Å². The first kappa shape index (κ1) is 18.6. The lowest BCUT2D eigenvalue weighted by atomic mass is 9.85. The summed E-state index contributed by atoms with van der Waals surface area (Å²) in [5.41, 5.74) is 0.126. The zero-order chi connectivity index (χ0) is 17.5. The third-order valence-corrected chi connectivity index (χ3v) is 4.93. The highest BCUT2D eigenvalue weighted by molar-refractivity contribution is 7.09. The first-order valence-electron chi connectivity index (χ1n) is 7.67. The van der Waals surface area contributed by atoms with E-state index in [1.807, 2.05) is 48.5 Å². The maximum absolute atomic E-state index is 5.99. The summed E-state index contributed by atoms with van der Waals surface area (Å²) in [7, 11) is 1.73. The molecule has 0 N–H and O–H groups in total. The van der Waals surface area contributed by atoms with Crippen LogP contribution in [0.5, 0.6) is 5.88 Å². The van der Waals surface area contributed by atoms with E-state index in [4.69, 9.17) is 18.6 Å². The highest BCUT2D eigenvalue weighted by Gasteiger charge is 2.52. The topological polar surface area (TPSA) is 62.7 Å². The lowest BCUT2D eigenvalue weighted by molar-refractivity contribution is 0.00578. The van der Waals surface area contributed by atoms with Gasteiger partial charge in [0.2, 0.25) is 5.88 Å². The van der Waals surface area contributed by atoms with Crippen LogP contribution < -0.4 is 10.3 Å². The van der Waals surface area contributed by atoms with Crippen LogP contribution in [0.3, 0.4) is 0 Å². The first-order valence-corrected chi connectivity index (χ1v) is 8.14. The van der Waals surface area contributed by atoms with Gasteiger partial charge in [-0.15, -0.1) is 0 Å². The molecule has 0 radical (unpaired) electrons. The van der Waals surface area contributed by atoms with Crippen LogP contribution in [0.1, 0.15) is 47.2 Å². The molecule has 0 saturated carbocycles. The Hall–Kier alpha value is -0.745. The largest absolute Gasteiger partial charge is 0.516 e. The highest BCUT2D eigenvalue weighted by atomic mass is 31.0. The Morgan fingerprint density at radius 1 is 1.22 bits per heavy atom. The van der Waals surface area contributed by atoms with Crippen molar-refractivity contribution >= 4 is 22.2 Å². The predicted octanol–water partition coefficient (Wildman–Crippen LogP) is 2.05. The smallest absolute Gasteiger partial charge is 0.473 e. The molecule has 1 aliphatic heterocycles. The van der Waals surface area contributed by atoms with Crippen LogP contribution in [0.15, 0.2) is 6.20 Å². The summed E-state index contributed by atoms with van der Waals surface area (Å²) in [6.07, 6.45) is 1.64. The van der Waals surface area contributed by atoms with Crippen molar-refractivity contribution in [3.8, 4) is 5.88 Å². The van der Waals surface area contributed by atoms with E-state index >= 15 is 0 Å². The van der Waals surface area contributed by atoms with Crippen molar-refractivity contribution in [1.29, 1.82) is 0 Å². The van der Waals surface area contributed by atoms with Gasteiger partial charge in [0.1, 0.15) is 12.2 Å². The molecule has 0 aliphatic carbocycles. The summed E-state index contributed by atoms with van der Waals surface area (Å²) in [5.74, 6) is 0.486. The van der Waals surface area contributed by atoms with Crippen LogP contribution in [0.25, 0.3) is 0 Å². The Morgan fingerprint density at radius 3 is 2.26 bits per heavy atom. The maximum Gasteiger partial charge on any atom is 0.516 e. The second kappa shape index (κ2) is 6.28. The van der Waals surface area contributed by atoms with Gasteiger partial charge >= 0.3 is 7.12 Å². The van der Waals surface area contributed by atoms with E-state index in [1.54, 1.807) is 6.20 Å². The molecule has 23 heavy (non-hydrogen) atoms. The van der Waals surface area contributed by atoms with E-state index in [9.17, 15) is 0 Å². The number of nitrogens with zero attached hydrogens (tertiary/aromatic N) is 2. The van der Waals surface area contributed by atoms with Crippen molar-refractivity contribution in [3.63, 3.8) is 0 Å². The third-order valence-electron chi connectivity index (χ3n) is 4.29. The van der Waals surface area contributed by atoms with Gasteiger partial charge in [0, 0.05) is 15.7 Å². The van der Waals surface area contributed by atoms with Gasteiger partial charge in [-0.05, 0) is 48.5 Å². The molecular weight excluding hydrogens is 314 g/mol. The lowest BCUT2D eigenvalue weighted by Crippen LogP contribution is -2.41. The van der Waals surface area contributed by atoms with Crippen LogP contribution in [0, 0.1) is 6.92 Å². The third kappa shape index (κ3) is 4.02. The molecule has 2 heterocycles. The molecule has 1 unspecified atom stereocenters. The van der Waals surface area contributed by atoms with Crippen molar-refractivity contribution < 1.29 is 18.6 Å². The number of hydrogen-bond acceptors (Lipinski definition) is 6. The van der Waals surface area contributed by atoms with E-state index in [0.717, 1.165) is 0 Å². The molecule has 1 saturated heterocycles. The Labute approximate surface area is 141 Å². The summed E-state index contributed by atoms with van der Waals surface area (Å²) >= 11 is 0. The van der Waals surface area contributed by atoms with Gasteiger partial charge in [-0.2, -0.15) is 0 Å². The summed E-state index contributed by atoms with van der Waals surface area (Å²) in [6, 6.07) is 0. The minimum Gasteiger partial charge on any atom is -0.473 e. The minimum atomic E-state index is -0.521. The van der Waals surface area contributed by atoms with Crippen LogP contribution >= 0.6 is 9.47 Å². The molecule has 128 valence electrons. The van der Waals surface area contributed by atoms with Crippen LogP contribution in [-0.4, -0.2) is 40.5 Å². The molecule has 8 heteroatoms. The zero-order valence-electron chi connectivity index (χ0n) is 15.0. The number of hydrogen-bond donors (Lipinski definition) is 0. The van der Waals surface area contributed by atoms with Gasteiger partial charge in [-0.25, -0.2) is 4.98 Å². The van der Waals surface area contributed by atoms with E-state index in [1.165, 1.54) is 0 Å². The summed E-state index contributed by atoms with van der Waals surface area (Å²) in [4.78, 5) is 8.88.